The van der Waals surface area contributed by atoms with Crippen molar-refractivity contribution in [1.29, 1.82) is 0 Å². The summed E-state index contributed by atoms with van der Waals surface area (Å²) >= 11 is 0. The summed E-state index contributed by atoms with van der Waals surface area (Å²) < 4.78 is 67.5. The van der Waals surface area contributed by atoms with Gasteiger partial charge in [0, 0.05) is 0 Å². The number of phosphoric acid groups is 4. The largest absolute Gasteiger partial charge is 0.490 e. The minimum Gasteiger partial charge on any atom is -0.387 e. The van der Waals surface area contributed by atoms with Crippen molar-refractivity contribution in [3.8, 4) is 0 Å². The normalized spacial score (nSPS) is 27.6. The van der Waals surface area contributed by atoms with Gasteiger partial charge in [0.2, 0.25) is 6.29 Å². The van der Waals surface area contributed by atoms with Gasteiger partial charge in [-0.25, -0.2) is 33.2 Å². The van der Waals surface area contributed by atoms with Crippen LogP contribution in [0.4, 0.5) is 5.82 Å². The fourth-order valence-electron chi connectivity index (χ4n) is 2.90. The number of anilines is 1. The highest BCUT2D eigenvalue weighted by Gasteiger charge is 2.53. The molecule has 7 atom stereocenters. The van der Waals surface area contributed by atoms with Crippen molar-refractivity contribution in [3.63, 3.8) is 0 Å². The number of nitrogens with zero attached hydrogens (tertiary/aromatic N) is 4. The number of fused-ring (bicyclic) bond motifs is 1. The summed E-state index contributed by atoms with van der Waals surface area (Å²) in [4.78, 5) is 65.8. The molecule has 204 valence electrons. The Morgan fingerprint density at radius 3 is 2.11 bits per heavy atom. The summed E-state index contributed by atoms with van der Waals surface area (Å²) in [5, 5.41) is 20.8. The quantitative estimate of drug-likeness (QED) is 0.103. The maximum absolute atomic E-state index is 12.1. The molecule has 2 aromatic heterocycles. The number of imidazole rings is 1. The predicted octanol–water partition coefficient (Wildman–Crippen LogP) is -2.19. The van der Waals surface area contributed by atoms with Crippen LogP contribution in [0.15, 0.2) is 12.7 Å². The molecule has 0 amide bonds. The van der Waals surface area contributed by atoms with E-state index < -0.39 is 62.1 Å². The molecule has 22 nitrogen and oxygen atoms in total. The molecule has 0 radical (unpaired) electrons. The summed E-state index contributed by atoms with van der Waals surface area (Å²) in [5.74, 6) is -0.0845. The lowest BCUT2D eigenvalue weighted by Crippen LogP contribution is -2.40. The molecule has 36 heavy (non-hydrogen) atoms. The van der Waals surface area contributed by atoms with Gasteiger partial charge in [-0.2, -0.15) is 8.62 Å². The number of aliphatic hydroxyl groups excluding tert-OH is 2. The number of nitrogen functional groups attached to an aromatic ring is 1. The second kappa shape index (κ2) is 10.1. The van der Waals surface area contributed by atoms with Gasteiger partial charge in [0.15, 0.2) is 17.7 Å². The third kappa shape index (κ3) is 7.19. The zero-order valence-electron chi connectivity index (χ0n) is 16.9. The van der Waals surface area contributed by atoms with E-state index in [1.54, 1.807) is 0 Å². The molecule has 1 aliphatic heterocycles. The lowest BCUT2D eigenvalue weighted by molar-refractivity contribution is -0.154. The predicted molar refractivity (Wildman–Crippen MR) is 108 cm³/mol. The number of nitrogens with two attached hydrogens (primary N) is 1. The second-order valence-electron chi connectivity index (χ2n) is 6.72. The van der Waals surface area contributed by atoms with Gasteiger partial charge in [0.25, 0.3) is 0 Å². The molecule has 1 fully saturated rings. The minimum absolute atomic E-state index is 0.0301. The van der Waals surface area contributed by atoms with Crippen LogP contribution in [0.3, 0.4) is 0 Å². The average molecular weight is 603 g/mol. The number of phosphoric ester groups is 2. The molecule has 3 heterocycles. The molecular weight excluding hydrogens is 586 g/mol. The molecule has 2 aromatic rings. The number of ether oxygens (including phenoxy) is 1. The van der Waals surface area contributed by atoms with Crippen molar-refractivity contribution in [3.05, 3.63) is 12.7 Å². The molecule has 0 aromatic carbocycles. The van der Waals surface area contributed by atoms with Gasteiger partial charge in [-0.3, -0.25) is 13.6 Å². The molecule has 1 aliphatic rings. The van der Waals surface area contributed by atoms with E-state index in [0.29, 0.717) is 0 Å². The second-order valence-corrected chi connectivity index (χ2v) is 12.3. The number of aliphatic hydroxyl groups is 2. The summed E-state index contributed by atoms with van der Waals surface area (Å²) in [7, 11) is -23.5. The Bertz CT molecular complexity index is 1310. The molecule has 1 saturated heterocycles. The van der Waals surface area contributed by atoms with Crippen LogP contribution in [0.5, 0.6) is 0 Å². The maximum atomic E-state index is 12.1. The lowest BCUT2D eigenvalue weighted by atomic mass is 10.1. The van der Waals surface area contributed by atoms with Crippen molar-refractivity contribution in [2.24, 2.45) is 0 Å². The number of hydrogen-bond acceptors (Lipinski definition) is 15. The van der Waals surface area contributed by atoms with Crippen molar-refractivity contribution >= 4 is 48.3 Å². The van der Waals surface area contributed by atoms with Crippen molar-refractivity contribution < 1.29 is 80.2 Å². The highest BCUT2D eigenvalue weighted by molar-refractivity contribution is 7.66. The first-order chi connectivity index (χ1) is 16.3. The Hall–Kier alpha value is -1.25. The first-order valence-electron chi connectivity index (χ1n) is 8.79. The number of rotatable bonds is 10. The lowest BCUT2D eigenvalue weighted by Gasteiger charge is -2.27. The first kappa shape index (κ1) is 29.3. The van der Waals surface area contributed by atoms with Crippen LogP contribution in [0.2, 0.25) is 0 Å². The topological polar surface area (TPSA) is 346 Å². The third-order valence-electron chi connectivity index (χ3n) is 4.10. The Labute approximate surface area is 197 Å². The standard InChI is InChI=1S/C10H17N5O17P4/c11-7-3-8(13-1-12-7)15(2-14-3)9-5(17)4(16)6(28-9)10(29-33(18,19)20)30-35(24,25)32-36(26,27)31-34(21,22)23/h1-2,4-6,9-10,16-17H,(H,24,25)(H,26,27)(H2,11,12,13)(H2,18,19,20)(H2,21,22,23)/t4-,5+,6-,9+,10?/m0/s1. The summed E-state index contributed by atoms with van der Waals surface area (Å²) in [6, 6.07) is 0. The van der Waals surface area contributed by atoms with Crippen LogP contribution in [0.1, 0.15) is 6.23 Å². The highest BCUT2D eigenvalue weighted by atomic mass is 31.3. The van der Waals surface area contributed by atoms with Crippen LogP contribution >= 0.6 is 31.3 Å². The van der Waals surface area contributed by atoms with Gasteiger partial charge < -0.3 is 50.0 Å². The van der Waals surface area contributed by atoms with Crippen molar-refractivity contribution in [1.82, 2.24) is 19.5 Å². The van der Waals surface area contributed by atoms with Gasteiger partial charge in [-0.1, -0.05) is 0 Å². The summed E-state index contributed by atoms with van der Waals surface area (Å²) in [6.45, 7) is 0. The van der Waals surface area contributed by atoms with Crippen LogP contribution in [-0.4, -0.2) is 83.7 Å². The molecule has 10 N–H and O–H groups in total. The third-order valence-corrected chi connectivity index (χ3v) is 8.38. The molecule has 0 aliphatic carbocycles. The minimum atomic E-state index is -6.05. The van der Waals surface area contributed by atoms with Crippen LogP contribution < -0.4 is 5.73 Å². The molecule has 0 spiro atoms. The fourth-order valence-corrected chi connectivity index (χ4v) is 6.49. The van der Waals surface area contributed by atoms with E-state index >= 15 is 0 Å². The number of aromatic nitrogens is 4. The van der Waals surface area contributed by atoms with Gasteiger partial charge in [0.1, 0.15) is 30.2 Å². The summed E-state index contributed by atoms with van der Waals surface area (Å²) in [5.41, 5.74) is 5.64. The fraction of sp³-hybridized carbons (Fsp3) is 0.500. The monoisotopic (exact) mass is 603 g/mol. The SMILES string of the molecule is Nc1ncnc2c1ncn2[C@@H]1O[C@H](C(OP(=O)(O)O)OP(=O)(O)OP(=O)(O)OP(=O)(O)O)[C@@H](O)[C@H]1O. The molecule has 3 rings (SSSR count). The first-order valence-corrected chi connectivity index (χ1v) is 14.8. The maximum Gasteiger partial charge on any atom is 0.490 e. The molecular formula is C10H17N5O17P4. The van der Waals surface area contributed by atoms with Crippen LogP contribution in [-0.2, 0) is 40.7 Å². The summed E-state index contributed by atoms with van der Waals surface area (Å²) in [6.07, 6.45) is -8.80. The average Bonchev–Trinajstić information content (AvgIpc) is 3.19. The van der Waals surface area contributed by atoms with E-state index in [-0.39, 0.29) is 17.0 Å². The van der Waals surface area contributed by atoms with Crippen LogP contribution in [0, 0.1) is 0 Å². The van der Waals surface area contributed by atoms with E-state index in [4.69, 9.17) is 30.0 Å². The molecule has 26 heteroatoms. The van der Waals surface area contributed by atoms with E-state index in [2.05, 4.69) is 32.6 Å². The Balaban J connectivity index is 1.90. The Morgan fingerprint density at radius 1 is 0.889 bits per heavy atom. The van der Waals surface area contributed by atoms with Gasteiger partial charge >= 0.3 is 31.3 Å². The smallest absolute Gasteiger partial charge is 0.387 e. The van der Waals surface area contributed by atoms with Crippen molar-refractivity contribution in [2.45, 2.75) is 30.8 Å². The molecule has 0 bridgehead atoms. The Morgan fingerprint density at radius 2 is 1.53 bits per heavy atom. The van der Waals surface area contributed by atoms with Gasteiger partial charge in [-0.15, -0.1) is 0 Å². The van der Waals surface area contributed by atoms with E-state index in [1.807, 2.05) is 0 Å². The zero-order chi connectivity index (χ0) is 27.3. The molecule has 0 saturated carbocycles. The van der Waals surface area contributed by atoms with E-state index in [9.17, 15) is 38.3 Å². The molecule has 3 unspecified atom stereocenters. The number of hydrogen-bond donors (Lipinski definition) is 9. The van der Waals surface area contributed by atoms with E-state index in [1.165, 1.54) is 0 Å². The van der Waals surface area contributed by atoms with Gasteiger partial charge in [0.05, 0.1) is 6.33 Å². The van der Waals surface area contributed by atoms with Crippen molar-refractivity contribution in [2.75, 3.05) is 5.73 Å². The zero-order valence-corrected chi connectivity index (χ0v) is 20.5. The Kier molecular flexibility index (Phi) is 8.25. The van der Waals surface area contributed by atoms with E-state index in [0.717, 1.165) is 17.2 Å². The van der Waals surface area contributed by atoms with Crippen LogP contribution in [0.25, 0.3) is 11.2 Å². The van der Waals surface area contributed by atoms with Gasteiger partial charge in [-0.05, 0) is 0 Å². The highest BCUT2D eigenvalue weighted by Crippen LogP contribution is 2.67.